The van der Waals surface area contributed by atoms with Gasteiger partial charge >= 0.3 is 6.18 Å². The number of nitriles is 1. The molecule has 0 radical (unpaired) electrons. The van der Waals surface area contributed by atoms with E-state index in [1.54, 1.807) is 6.07 Å². The van der Waals surface area contributed by atoms with Gasteiger partial charge in [0.05, 0.1) is 29.9 Å². The van der Waals surface area contributed by atoms with Crippen molar-refractivity contribution in [1.82, 2.24) is 0 Å². The molecule has 1 aromatic carbocycles. The minimum absolute atomic E-state index is 0.268. The van der Waals surface area contributed by atoms with Crippen LogP contribution in [0.5, 0.6) is 5.75 Å². The van der Waals surface area contributed by atoms with E-state index < -0.39 is 22.5 Å². The highest BCUT2D eigenvalue weighted by Gasteiger charge is 2.37. The normalized spacial score (nSPS) is 10.8. The first kappa shape index (κ1) is 13.3. The number of halogens is 4. The molecule has 0 aromatic heterocycles. The van der Waals surface area contributed by atoms with Crippen molar-refractivity contribution in [3.8, 4) is 11.8 Å². The monoisotopic (exact) mass is 263 g/mol. The smallest absolute Gasteiger partial charge is 0.417 e. The zero-order chi connectivity index (χ0) is 13.2. The maximum atomic E-state index is 12.7. The Labute approximate surface area is 99.4 Å². The second-order valence-electron chi connectivity index (χ2n) is 2.98. The quantitative estimate of drug-likeness (QED) is 0.771. The van der Waals surface area contributed by atoms with Gasteiger partial charge in [-0.1, -0.05) is 0 Å². The number of hydrogen-bond donors (Lipinski definition) is 0. The van der Waals surface area contributed by atoms with Crippen LogP contribution in [0, 0.1) is 11.3 Å². The molecule has 0 heterocycles. The lowest BCUT2D eigenvalue weighted by atomic mass is 10.0. The lowest BCUT2D eigenvalue weighted by molar-refractivity contribution is -0.138. The van der Waals surface area contributed by atoms with Crippen molar-refractivity contribution < 1.29 is 22.7 Å². The van der Waals surface area contributed by atoms with E-state index >= 15 is 0 Å². The molecule has 0 aliphatic carbocycles. The third kappa shape index (κ3) is 2.68. The molecule has 0 aliphatic rings. The van der Waals surface area contributed by atoms with Gasteiger partial charge in [0.1, 0.15) is 5.75 Å². The van der Waals surface area contributed by atoms with Crippen LogP contribution in [0.25, 0.3) is 0 Å². The van der Waals surface area contributed by atoms with Gasteiger partial charge in [0.15, 0.2) is 0 Å². The van der Waals surface area contributed by atoms with Crippen LogP contribution in [0.1, 0.15) is 21.5 Å². The molecule has 0 saturated carbocycles. The number of carbonyl (C=O) groups is 1. The molecule has 0 spiro atoms. The van der Waals surface area contributed by atoms with Gasteiger partial charge in [-0.05, 0) is 23.7 Å². The standard InChI is InChI=1S/C10H5ClF3NO2/c1-17-7-3-5(4-15)2-6(10(12,13)14)8(7)9(11)16/h2-3H,1H3. The van der Waals surface area contributed by atoms with Crippen LogP contribution in [0.2, 0.25) is 0 Å². The molecule has 90 valence electrons. The molecule has 0 saturated heterocycles. The van der Waals surface area contributed by atoms with Crippen LogP contribution in [0.3, 0.4) is 0 Å². The fourth-order valence-electron chi connectivity index (χ4n) is 1.27. The summed E-state index contributed by atoms with van der Waals surface area (Å²) in [6.07, 6.45) is -4.79. The second-order valence-corrected chi connectivity index (χ2v) is 3.33. The van der Waals surface area contributed by atoms with Crippen molar-refractivity contribution in [3.63, 3.8) is 0 Å². The molecule has 17 heavy (non-hydrogen) atoms. The third-order valence-electron chi connectivity index (χ3n) is 1.95. The van der Waals surface area contributed by atoms with E-state index in [4.69, 9.17) is 16.9 Å². The van der Waals surface area contributed by atoms with Crippen LogP contribution in [0.4, 0.5) is 13.2 Å². The first-order valence-electron chi connectivity index (χ1n) is 4.20. The second kappa shape index (κ2) is 4.63. The van der Waals surface area contributed by atoms with Crippen LogP contribution in [-0.2, 0) is 6.18 Å². The molecule has 0 bridgehead atoms. The summed E-state index contributed by atoms with van der Waals surface area (Å²) in [5.41, 5.74) is -2.34. The zero-order valence-corrected chi connectivity index (χ0v) is 9.19. The van der Waals surface area contributed by atoms with E-state index in [-0.39, 0.29) is 11.3 Å². The molecule has 3 nitrogen and oxygen atoms in total. The molecule has 1 rings (SSSR count). The Morgan fingerprint density at radius 3 is 2.41 bits per heavy atom. The van der Waals surface area contributed by atoms with Crippen molar-refractivity contribution >= 4 is 16.8 Å². The maximum Gasteiger partial charge on any atom is 0.417 e. The van der Waals surface area contributed by atoms with Gasteiger partial charge in [0, 0.05) is 0 Å². The number of alkyl halides is 3. The number of carbonyl (C=O) groups excluding carboxylic acids is 1. The molecule has 0 unspecified atom stereocenters. The molecular weight excluding hydrogens is 259 g/mol. The van der Waals surface area contributed by atoms with Gasteiger partial charge in [-0.3, -0.25) is 4.79 Å². The van der Waals surface area contributed by atoms with E-state index in [1.165, 1.54) is 0 Å². The highest BCUT2D eigenvalue weighted by atomic mass is 35.5. The molecule has 0 amide bonds. The van der Waals surface area contributed by atoms with E-state index in [0.29, 0.717) is 6.07 Å². The van der Waals surface area contributed by atoms with Crippen molar-refractivity contribution in [2.45, 2.75) is 6.18 Å². The average Bonchev–Trinajstić information content (AvgIpc) is 2.25. The Bertz CT molecular complexity index is 505. The molecule has 1 aromatic rings. The molecule has 0 atom stereocenters. The Morgan fingerprint density at radius 1 is 1.47 bits per heavy atom. The predicted molar refractivity (Wildman–Crippen MR) is 52.9 cm³/mol. The summed E-state index contributed by atoms with van der Waals surface area (Å²) in [4.78, 5) is 11.0. The van der Waals surface area contributed by atoms with Crippen LogP contribution in [0.15, 0.2) is 12.1 Å². The summed E-state index contributed by atoms with van der Waals surface area (Å²) in [7, 11) is 1.08. The summed E-state index contributed by atoms with van der Waals surface area (Å²) >= 11 is 5.09. The van der Waals surface area contributed by atoms with Crippen LogP contribution >= 0.6 is 11.6 Å². The fraction of sp³-hybridized carbons (Fsp3) is 0.200. The first-order valence-corrected chi connectivity index (χ1v) is 4.58. The zero-order valence-electron chi connectivity index (χ0n) is 8.43. The SMILES string of the molecule is COc1cc(C#N)cc(C(F)(F)F)c1C(=O)Cl. The largest absolute Gasteiger partial charge is 0.496 e. The van der Waals surface area contributed by atoms with E-state index in [1.807, 2.05) is 0 Å². The number of benzene rings is 1. The van der Waals surface area contributed by atoms with Crippen LogP contribution in [-0.4, -0.2) is 12.4 Å². The molecule has 0 aliphatic heterocycles. The fourth-order valence-corrected chi connectivity index (χ4v) is 1.46. The number of hydrogen-bond acceptors (Lipinski definition) is 3. The lowest BCUT2D eigenvalue weighted by Gasteiger charge is -2.13. The van der Waals surface area contributed by atoms with Crippen LogP contribution < -0.4 is 4.74 Å². The Kier molecular flexibility index (Phi) is 3.63. The summed E-state index contributed by atoms with van der Waals surface area (Å²) < 4.78 is 42.6. The van der Waals surface area contributed by atoms with Gasteiger partial charge in [-0.15, -0.1) is 0 Å². The van der Waals surface area contributed by atoms with Gasteiger partial charge in [-0.2, -0.15) is 18.4 Å². The van der Waals surface area contributed by atoms with Gasteiger partial charge in [0.2, 0.25) is 0 Å². The van der Waals surface area contributed by atoms with Crippen molar-refractivity contribution in [1.29, 1.82) is 5.26 Å². The molecule has 7 heteroatoms. The molecule has 0 N–H and O–H groups in total. The molecular formula is C10H5ClF3NO2. The Hall–Kier alpha value is -1.74. The number of ether oxygens (including phenoxy) is 1. The topological polar surface area (TPSA) is 50.1 Å². The Morgan fingerprint density at radius 2 is 2.06 bits per heavy atom. The first-order chi connectivity index (χ1) is 7.81. The molecule has 0 fully saturated rings. The summed E-state index contributed by atoms with van der Waals surface area (Å²) in [6.45, 7) is 0. The number of nitrogens with zero attached hydrogens (tertiary/aromatic N) is 1. The van der Waals surface area contributed by atoms with Gasteiger partial charge < -0.3 is 4.74 Å². The lowest BCUT2D eigenvalue weighted by Crippen LogP contribution is -2.13. The minimum atomic E-state index is -4.79. The van der Waals surface area contributed by atoms with Crippen molar-refractivity contribution in [2.24, 2.45) is 0 Å². The summed E-state index contributed by atoms with van der Waals surface area (Å²) in [5, 5.41) is 7.29. The minimum Gasteiger partial charge on any atom is -0.496 e. The van der Waals surface area contributed by atoms with Gasteiger partial charge in [0.25, 0.3) is 5.24 Å². The average molecular weight is 264 g/mol. The number of rotatable bonds is 2. The summed E-state index contributed by atoms with van der Waals surface area (Å²) in [6, 6.07) is 3.12. The van der Waals surface area contributed by atoms with Crippen molar-refractivity contribution in [2.75, 3.05) is 7.11 Å². The maximum absolute atomic E-state index is 12.7. The van der Waals surface area contributed by atoms with E-state index in [9.17, 15) is 18.0 Å². The highest BCUT2D eigenvalue weighted by Crippen LogP contribution is 2.37. The van der Waals surface area contributed by atoms with E-state index in [2.05, 4.69) is 4.74 Å². The third-order valence-corrected chi connectivity index (χ3v) is 2.14. The number of methoxy groups -OCH3 is 1. The van der Waals surface area contributed by atoms with E-state index in [0.717, 1.165) is 13.2 Å². The summed E-state index contributed by atoms with van der Waals surface area (Å²) in [5.74, 6) is -0.378. The highest BCUT2D eigenvalue weighted by molar-refractivity contribution is 6.68. The predicted octanol–water partition coefficient (Wildman–Crippen LogP) is 2.96. The van der Waals surface area contributed by atoms with Crippen molar-refractivity contribution in [3.05, 3.63) is 28.8 Å². The Balaban J connectivity index is 3.66. The van der Waals surface area contributed by atoms with Gasteiger partial charge in [-0.25, -0.2) is 0 Å².